The molecule has 0 aliphatic carbocycles. The molecule has 1 atom stereocenters. The molecule has 0 spiro atoms. The highest BCUT2D eigenvalue weighted by Gasteiger charge is 2.19. The Balaban J connectivity index is 4.54. The summed E-state index contributed by atoms with van der Waals surface area (Å²) < 4.78 is 16.6. The van der Waals surface area contributed by atoms with E-state index in [1.807, 2.05) is 42.5 Å². The lowest BCUT2D eigenvalue weighted by atomic mass is 10.1. The Morgan fingerprint density at radius 2 is 0.793 bits per heavy atom. The molecule has 0 heterocycles. The lowest BCUT2D eigenvalue weighted by molar-refractivity contribution is -0.166. The van der Waals surface area contributed by atoms with E-state index >= 15 is 0 Å². The Bertz CT molecular complexity index is 1200. The van der Waals surface area contributed by atoms with Gasteiger partial charge in [-0.15, -0.1) is 0 Å². The molecule has 0 aromatic heterocycles. The fourth-order valence-corrected chi connectivity index (χ4v) is 5.95. The summed E-state index contributed by atoms with van der Waals surface area (Å²) in [6.45, 7) is 6.26. The first kappa shape index (κ1) is 54.3. The van der Waals surface area contributed by atoms with E-state index in [1.165, 1.54) is 64.2 Å². The molecule has 0 aromatic rings. The van der Waals surface area contributed by atoms with Gasteiger partial charge in [0, 0.05) is 19.3 Å². The number of allylic oxidation sites excluding steroid dienone is 16. The summed E-state index contributed by atoms with van der Waals surface area (Å²) in [7, 11) is 0. The largest absolute Gasteiger partial charge is 0.462 e. The lowest BCUT2D eigenvalue weighted by Gasteiger charge is -2.18. The molecule has 0 rings (SSSR count). The molecule has 0 bridgehead atoms. The van der Waals surface area contributed by atoms with E-state index in [2.05, 4.69) is 75.5 Å². The molecule has 6 heteroatoms. The van der Waals surface area contributed by atoms with Crippen LogP contribution in [0.25, 0.3) is 0 Å². The van der Waals surface area contributed by atoms with Crippen molar-refractivity contribution in [2.75, 3.05) is 13.2 Å². The number of unbranched alkanes of at least 4 members (excludes halogenated alkanes) is 16. The van der Waals surface area contributed by atoms with Gasteiger partial charge in [-0.3, -0.25) is 14.4 Å². The highest BCUT2D eigenvalue weighted by atomic mass is 16.6. The molecule has 0 saturated heterocycles. The smallest absolute Gasteiger partial charge is 0.306 e. The Morgan fingerprint density at radius 1 is 0.379 bits per heavy atom. The summed E-state index contributed by atoms with van der Waals surface area (Å²) >= 11 is 0. The number of ether oxygens (including phenoxy) is 3. The SMILES string of the molecule is CC\C=C/C=C\C=C/C=C\CCCCCC(=O)OC(COC(=O)CC/C=C\C/C=C\CCCCCCCC)COC(=O)CCCCCCCCC/C=C\C/C=C\CC. The van der Waals surface area contributed by atoms with Crippen molar-refractivity contribution in [1.29, 1.82) is 0 Å². The van der Waals surface area contributed by atoms with Crippen LogP contribution in [-0.2, 0) is 28.6 Å². The van der Waals surface area contributed by atoms with E-state index in [1.54, 1.807) is 0 Å². The first-order valence-corrected chi connectivity index (χ1v) is 23.3. The summed E-state index contributed by atoms with van der Waals surface area (Å²) in [5.74, 6) is -1.04. The summed E-state index contributed by atoms with van der Waals surface area (Å²) in [4.78, 5) is 37.8. The third-order valence-electron chi connectivity index (χ3n) is 9.41. The van der Waals surface area contributed by atoms with Crippen molar-refractivity contribution in [2.45, 2.75) is 200 Å². The minimum absolute atomic E-state index is 0.117. The van der Waals surface area contributed by atoms with Crippen molar-refractivity contribution in [2.24, 2.45) is 0 Å². The maximum absolute atomic E-state index is 12.7. The van der Waals surface area contributed by atoms with Gasteiger partial charge in [-0.1, -0.05) is 189 Å². The van der Waals surface area contributed by atoms with E-state index in [0.717, 1.165) is 77.0 Å². The molecule has 0 fully saturated rings. The van der Waals surface area contributed by atoms with Crippen molar-refractivity contribution < 1.29 is 28.6 Å². The van der Waals surface area contributed by atoms with Gasteiger partial charge < -0.3 is 14.2 Å². The first-order valence-electron chi connectivity index (χ1n) is 23.3. The molecule has 0 aliphatic heterocycles. The Morgan fingerprint density at radius 3 is 1.36 bits per heavy atom. The fourth-order valence-electron chi connectivity index (χ4n) is 5.95. The quantitative estimate of drug-likeness (QED) is 0.0202. The Labute approximate surface area is 356 Å². The van der Waals surface area contributed by atoms with Crippen LogP contribution in [0.2, 0.25) is 0 Å². The van der Waals surface area contributed by atoms with Gasteiger partial charge in [0.25, 0.3) is 0 Å². The molecule has 0 saturated carbocycles. The number of hydrogen-bond acceptors (Lipinski definition) is 6. The monoisotopic (exact) mass is 805 g/mol. The zero-order valence-electron chi connectivity index (χ0n) is 37.3. The minimum atomic E-state index is -0.823. The van der Waals surface area contributed by atoms with E-state index < -0.39 is 6.10 Å². The van der Waals surface area contributed by atoms with Gasteiger partial charge in [0.2, 0.25) is 0 Å². The molecule has 0 N–H and O–H groups in total. The highest BCUT2D eigenvalue weighted by Crippen LogP contribution is 2.12. The number of rotatable bonds is 40. The van der Waals surface area contributed by atoms with Gasteiger partial charge >= 0.3 is 17.9 Å². The third-order valence-corrected chi connectivity index (χ3v) is 9.41. The van der Waals surface area contributed by atoms with Crippen LogP contribution in [0, 0.1) is 0 Å². The second-order valence-corrected chi connectivity index (χ2v) is 15.0. The average Bonchev–Trinajstić information content (AvgIpc) is 3.22. The van der Waals surface area contributed by atoms with Crippen molar-refractivity contribution in [3.8, 4) is 0 Å². The predicted octanol–water partition coefficient (Wildman–Crippen LogP) is 15.0. The summed E-state index contributed by atoms with van der Waals surface area (Å²) in [5.41, 5.74) is 0. The second kappa shape index (κ2) is 46.0. The molecule has 1 unspecified atom stereocenters. The van der Waals surface area contributed by atoms with E-state index in [4.69, 9.17) is 14.2 Å². The lowest BCUT2D eigenvalue weighted by Crippen LogP contribution is -2.30. The van der Waals surface area contributed by atoms with Gasteiger partial charge in [-0.05, 0) is 83.5 Å². The predicted molar refractivity (Wildman–Crippen MR) is 247 cm³/mol. The van der Waals surface area contributed by atoms with Gasteiger partial charge in [0.15, 0.2) is 6.10 Å². The van der Waals surface area contributed by atoms with Gasteiger partial charge in [-0.2, -0.15) is 0 Å². The normalized spacial score (nSPS) is 12.9. The van der Waals surface area contributed by atoms with E-state index in [-0.39, 0.29) is 44.0 Å². The highest BCUT2D eigenvalue weighted by molar-refractivity contribution is 5.71. The molecular formula is C52H84O6. The average molecular weight is 805 g/mol. The number of hydrogen-bond donors (Lipinski definition) is 0. The number of carbonyl (C=O) groups excluding carboxylic acids is 3. The Hall–Kier alpha value is -3.67. The molecule has 328 valence electrons. The summed E-state index contributed by atoms with van der Waals surface area (Å²) in [5, 5.41) is 0. The van der Waals surface area contributed by atoms with Crippen LogP contribution in [0.5, 0.6) is 0 Å². The summed E-state index contributed by atoms with van der Waals surface area (Å²) in [6, 6.07) is 0. The molecular weight excluding hydrogens is 721 g/mol. The van der Waals surface area contributed by atoms with Crippen LogP contribution < -0.4 is 0 Å². The van der Waals surface area contributed by atoms with Crippen LogP contribution in [-0.4, -0.2) is 37.2 Å². The molecule has 58 heavy (non-hydrogen) atoms. The van der Waals surface area contributed by atoms with Gasteiger partial charge in [0.1, 0.15) is 13.2 Å². The molecule has 0 radical (unpaired) electrons. The zero-order valence-corrected chi connectivity index (χ0v) is 37.3. The van der Waals surface area contributed by atoms with Crippen molar-refractivity contribution >= 4 is 17.9 Å². The molecule has 0 aliphatic rings. The van der Waals surface area contributed by atoms with Crippen molar-refractivity contribution in [1.82, 2.24) is 0 Å². The standard InChI is InChI=1S/C52H84O6/c1-4-7-10-13-16-19-22-25-28-30-33-36-39-42-45-51(54)57-48-49(58-52(55)46-43-40-37-34-31-27-24-21-18-15-12-9-6-3)47-56-50(53)44-41-38-35-32-29-26-23-20-17-14-11-8-5-2/h7,9-10,12,15-16,18-19,21,24,26-27,29,31,35,38,49H,4-6,8,11,13-14,17,20,22-23,25,28,30,32-34,36-37,39-48H2,1-3H3/b10-7-,12-9-,18-15-,19-16-,24-21-,29-26-,31-27-,38-35-. The van der Waals surface area contributed by atoms with E-state index in [9.17, 15) is 14.4 Å². The number of esters is 3. The molecule has 0 aromatic carbocycles. The minimum Gasteiger partial charge on any atom is -0.462 e. The fraction of sp³-hybridized carbons (Fsp3) is 0.635. The van der Waals surface area contributed by atoms with Crippen LogP contribution >= 0.6 is 0 Å². The van der Waals surface area contributed by atoms with E-state index in [0.29, 0.717) is 19.3 Å². The van der Waals surface area contributed by atoms with Crippen LogP contribution in [0.4, 0.5) is 0 Å². The van der Waals surface area contributed by atoms with Crippen LogP contribution in [0.15, 0.2) is 97.2 Å². The maximum atomic E-state index is 12.7. The third kappa shape index (κ3) is 43.5. The molecule has 6 nitrogen and oxygen atoms in total. The van der Waals surface area contributed by atoms with Gasteiger partial charge in [-0.25, -0.2) is 0 Å². The number of carbonyl (C=O) groups is 3. The second-order valence-electron chi connectivity index (χ2n) is 15.0. The van der Waals surface area contributed by atoms with Crippen LogP contribution in [0.1, 0.15) is 194 Å². The maximum Gasteiger partial charge on any atom is 0.306 e. The summed E-state index contributed by atoms with van der Waals surface area (Å²) in [6.07, 6.45) is 59.7. The Kier molecular flexibility index (Phi) is 43.1. The molecule has 0 amide bonds. The zero-order chi connectivity index (χ0) is 42.3. The topological polar surface area (TPSA) is 78.9 Å². The first-order chi connectivity index (χ1) is 28.5. The van der Waals surface area contributed by atoms with Gasteiger partial charge in [0.05, 0.1) is 0 Å². The van der Waals surface area contributed by atoms with Crippen LogP contribution in [0.3, 0.4) is 0 Å². The van der Waals surface area contributed by atoms with Crippen molar-refractivity contribution in [3.05, 3.63) is 97.2 Å². The van der Waals surface area contributed by atoms with Crippen molar-refractivity contribution in [3.63, 3.8) is 0 Å².